The summed E-state index contributed by atoms with van der Waals surface area (Å²) in [4.78, 5) is 0. The van der Waals surface area contributed by atoms with Crippen LogP contribution in [0.3, 0.4) is 0 Å². The first-order valence-corrected chi connectivity index (χ1v) is 5.72. The van der Waals surface area contributed by atoms with Gasteiger partial charge in [0.25, 0.3) is 0 Å². The zero-order chi connectivity index (χ0) is 10.0. The first-order chi connectivity index (χ1) is 6.74. The molecule has 1 heterocycles. The molecule has 0 bridgehead atoms. The minimum absolute atomic E-state index is 0.0192. The zero-order valence-corrected chi connectivity index (χ0v) is 8.96. The standard InChI is InChI=1S/C11H21NO2/c1-9-5-11(6-9,8-13)12-7-10-3-2-4-14-10/h9-10,12-13H,2-8H2,1H3. The van der Waals surface area contributed by atoms with Gasteiger partial charge in [-0.3, -0.25) is 0 Å². The lowest BCUT2D eigenvalue weighted by atomic mass is 9.69. The van der Waals surface area contributed by atoms with E-state index in [4.69, 9.17) is 4.74 Å². The maximum Gasteiger partial charge on any atom is 0.0700 e. The average Bonchev–Trinajstić information content (AvgIpc) is 2.63. The van der Waals surface area contributed by atoms with Crippen LogP contribution in [0.4, 0.5) is 0 Å². The highest BCUT2D eigenvalue weighted by Gasteiger charge is 2.41. The van der Waals surface area contributed by atoms with Gasteiger partial charge in [-0.15, -0.1) is 0 Å². The van der Waals surface area contributed by atoms with Gasteiger partial charge in [0.05, 0.1) is 12.7 Å². The van der Waals surface area contributed by atoms with Crippen molar-refractivity contribution in [1.29, 1.82) is 0 Å². The predicted molar refractivity (Wildman–Crippen MR) is 55.2 cm³/mol. The molecule has 1 unspecified atom stereocenters. The number of nitrogens with one attached hydrogen (secondary N) is 1. The van der Waals surface area contributed by atoms with Crippen molar-refractivity contribution in [3.8, 4) is 0 Å². The van der Waals surface area contributed by atoms with Crippen LogP contribution in [0.1, 0.15) is 32.6 Å². The summed E-state index contributed by atoms with van der Waals surface area (Å²) in [5.41, 5.74) is 0.0192. The normalized spacial score (nSPS) is 42.4. The van der Waals surface area contributed by atoms with Crippen molar-refractivity contribution in [3.05, 3.63) is 0 Å². The second-order valence-electron chi connectivity index (χ2n) is 4.97. The van der Waals surface area contributed by atoms with E-state index in [2.05, 4.69) is 12.2 Å². The molecule has 1 aliphatic heterocycles. The molecule has 3 nitrogen and oxygen atoms in total. The Bertz CT molecular complexity index is 184. The number of aliphatic hydroxyl groups excluding tert-OH is 1. The van der Waals surface area contributed by atoms with Crippen molar-refractivity contribution in [2.75, 3.05) is 19.8 Å². The summed E-state index contributed by atoms with van der Waals surface area (Å²) in [7, 11) is 0. The van der Waals surface area contributed by atoms with Crippen molar-refractivity contribution in [1.82, 2.24) is 5.32 Å². The molecule has 2 rings (SSSR count). The molecule has 0 spiro atoms. The van der Waals surface area contributed by atoms with E-state index < -0.39 is 0 Å². The van der Waals surface area contributed by atoms with Crippen molar-refractivity contribution >= 4 is 0 Å². The largest absolute Gasteiger partial charge is 0.394 e. The molecule has 3 heteroatoms. The Morgan fingerprint density at radius 1 is 1.50 bits per heavy atom. The maximum atomic E-state index is 9.32. The van der Waals surface area contributed by atoms with Gasteiger partial charge in [0, 0.05) is 18.7 Å². The van der Waals surface area contributed by atoms with E-state index in [1.165, 1.54) is 12.8 Å². The highest BCUT2D eigenvalue weighted by atomic mass is 16.5. The summed E-state index contributed by atoms with van der Waals surface area (Å²) in [5.74, 6) is 0.763. The van der Waals surface area contributed by atoms with E-state index in [0.717, 1.165) is 31.9 Å². The third kappa shape index (κ3) is 2.10. The van der Waals surface area contributed by atoms with Crippen LogP contribution in [-0.2, 0) is 4.74 Å². The van der Waals surface area contributed by atoms with Gasteiger partial charge in [-0.25, -0.2) is 0 Å². The van der Waals surface area contributed by atoms with Crippen molar-refractivity contribution in [2.24, 2.45) is 5.92 Å². The van der Waals surface area contributed by atoms with Crippen molar-refractivity contribution < 1.29 is 9.84 Å². The average molecular weight is 199 g/mol. The number of aliphatic hydroxyl groups is 1. The Labute approximate surface area is 85.8 Å². The smallest absolute Gasteiger partial charge is 0.0700 e. The fourth-order valence-electron chi connectivity index (χ4n) is 2.74. The molecule has 0 radical (unpaired) electrons. The Kier molecular flexibility index (Phi) is 3.10. The van der Waals surface area contributed by atoms with Crippen LogP contribution >= 0.6 is 0 Å². The van der Waals surface area contributed by atoms with E-state index in [9.17, 15) is 5.11 Å². The Hall–Kier alpha value is -0.120. The van der Waals surface area contributed by atoms with E-state index in [1.54, 1.807) is 0 Å². The van der Waals surface area contributed by atoms with Crippen LogP contribution in [-0.4, -0.2) is 36.5 Å². The molecule has 0 aromatic heterocycles. The Morgan fingerprint density at radius 3 is 2.79 bits per heavy atom. The molecule has 2 aliphatic rings. The molecular formula is C11H21NO2. The molecule has 0 aromatic carbocycles. The lowest BCUT2D eigenvalue weighted by Gasteiger charge is -2.46. The lowest BCUT2D eigenvalue weighted by molar-refractivity contribution is 0.0285. The first-order valence-electron chi connectivity index (χ1n) is 5.72. The molecule has 2 N–H and O–H groups in total. The van der Waals surface area contributed by atoms with Crippen LogP contribution < -0.4 is 5.32 Å². The summed E-state index contributed by atoms with van der Waals surface area (Å²) >= 11 is 0. The van der Waals surface area contributed by atoms with Gasteiger partial charge >= 0.3 is 0 Å². The molecule has 1 saturated heterocycles. The van der Waals surface area contributed by atoms with E-state index in [0.29, 0.717) is 6.10 Å². The third-order valence-corrected chi connectivity index (χ3v) is 3.51. The van der Waals surface area contributed by atoms with E-state index in [-0.39, 0.29) is 12.1 Å². The van der Waals surface area contributed by atoms with Crippen molar-refractivity contribution in [3.63, 3.8) is 0 Å². The second kappa shape index (κ2) is 4.17. The number of hydrogen-bond donors (Lipinski definition) is 2. The molecule has 1 saturated carbocycles. The summed E-state index contributed by atoms with van der Waals surface area (Å²) in [6.07, 6.45) is 4.96. The summed E-state index contributed by atoms with van der Waals surface area (Å²) < 4.78 is 5.54. The van der Waals surface area contributed by atoms with E-state index >= 15 is 0 Å². The molecule has 0 aromatic rings. The molecule has 1 aliphatic carbocycles. The molecule has 0 amide bonds. The van der Waals surface area contributed by atoms with Crippen LogP contribution in [0.2, 0.25) is 0 Å². The van der Waals surface area contributed by atoms with Crippen LogP contribution in [0.15, 0.2) is 0 Å². The minimum Gasteiger partial charge on any atom is -0.394 e. The highest BCUT2D eigenvalue weighted by molar-refractivity contribution is 4.99. The third-order valence-electron chi connectivity index (χ3n) is 3.51. The van der Waals surface area contributed by atoms with Gasteiger partial charge in [0.1, 0.15) is 0 Å². The fraction of sp³-hybridized carbons (Fsp3) is 1.00. The SMILES string of the molecule is CC1CC(CO)(NCC2CCCO2)C1. The zero-order valence-electron chi connectivity index (χ0n) is 8.96. The number of hydrogen-bond acceptors (Lipinski definition) is 3. The summed E-state index contributed by atoms with van der Waals surface area (Å²) in [6, 6.07) is 0. The quantitative estimate of drug-likeness (QED) is 0.707. The maximum absolute atomic E-state index is 9.32. The fourth-order valence-corrected chi connectivity index (χ4v) is 2.74. The number of rotatable bonds is 4. The predicted octanol–water partition coefficient (Wildman–Crippen LogP) is 0.916. The van der Waals surface area contributed by atoms with Gasteiger partial charge < -0.3 is 15.2 Å². The minimum atomic E-state index is 0.0192. The Morgan fingerprint density at radius 2 is 2.29 bits per heavy atom. The highest BCUT2D eigenvalue weighted by Crippen LogP contribution is 2.37. The van der Waals surface area contributed by atoms with Gasteiger partial charge in [0.15, 0.2) is 0 Å². The topological polar surface area (TPSA) is 41.5 Å². The van der Waals surface area contributed by atoms with Gasteiger partial charge in [-0.2, -0.15) is 0 Å². The number of ether oxygens (including phenoxy) is 1. The van der Waals surface area contributed by atoms with Crippen LogP contribution in [0.5, 0.6) is 0 Å². The van der Waals surface area contributed by atoms with Gasteiger partial charge in [-0.05, 0) is 31.6 Å². The first kappa shape index (κ1) is 10.4. The van der Waals surface area contributed by atoms with Gasteiger partial charge in [0.2, 0.25) is 0 Å². The van der Waals surface area contributed by atoms with Crippen molar-refractivity contribution in [2.45, 2.75) is 44.2 Å². The van der Waals surface area contributed by atoms with Gasteiger partial charge in [-0.1, -0.05) is 6.92 Å². The Balaban J connectivity index is 1.72. The lowest BCUT2D eigenvalue weighted by Crippen LogP contribution is -2.58. The summed E-state index contributed by atoms with van der Waals surface area (Å²) in [6.45, 7) is 4.33. The monoisotopic (exact) mass is 199 g/mol. The van der Waals surface area contributed by atoms with Crippen LogP contribution in [0, 0.1) is 5.92 Å². The van der Waals surface area contributed by atoms with E-state index in [1.807, 2.05) is 0 Å². The summed E-state index contributed by atoms with van der Waals surface area (Å²) in [5, 5.41) is 12.8. The van der Waals surface area contributed by atoms with Crippen LogP contribution in [0.25, 0.3) is 0 Å². The molecule has 1 atom stereocenters. The molecule has 14 heavy (non-hydrogen) atoms. The molecule has 82 valence electrons. The molecule has 2 fully saturated rings. The molecular weight excluding hydrogens is 178 g/mol. The second-order valence-corrected chi connectivity index (χ2v) is 4.97.